The van der Waals surface area contributed by atoms with Crippen molar-refractivity contribution in [3.05, 3.63) is 56.5 Å². The lowest BCUT2D eigenvalue weighted by Gasteiger charge is -2.31. The smallest absolute Gasteiger partial charge is 0.378 e. The minimum atomic E-state index is -4.54. The van der Waals surface area contributed by atoms with Crippen molar-refractivity contribution in [1.82, 2.24) is 4.98 Å². The molecule has 0 aliphatic carbocycles. The van der Waals surface area contributed by atoms with Crippen LogP contribution in [-0.2, 0) is 22.1 Å². The second-order valence-corrected chi connectivity index (χ2v) is 7.55. The van der Waals surface area contributed by atoms with Gasteiger partial charge >= 0.3 is 6.18 Å². The maximum atomic E-state index is 13.2. The van der Waals surface area contributed by atoms with Gasteiger partial charge in [-0.3, -0.25) is 9.59 Å². The van der Waals surface area contributed by atoms with E-state index in [2.05, 4.69) is 10.3 Å². The summed E-state index contributed by atoms with van der Waals surface area (Å²) in [7, 11) is 0. The van der Waals surface area contributed by atoms with E-state index in [0.717, 1.165) is 12.1 Å². The van der Waals surface area contributed by atoms with Crippen molar-refractivity contribution in [2.75, 3.05) is 36.5 Å². The summed E-state index contributed by atoms with van der Waals surface area (Å²) in [5.74, 6) is -0.470. The van der Waals surface area contributed by atoms with Gasteiger partial charge in [-0.05, 0) is 49.6 Å². The van der Waals surface area contributed by atoms with Gasteiger partial charge in [0.2, 0.25) is 5.91 Å². The summed E-state index contributed by atoms with van der Waals surface area (Å²) in [6.07, 6.45) is -4.35. The van der Waals surface area contributed by atoms with Gasteiger partial charge in [-0.15, -0.1) is 0 Å². The third-order valence-corrected chi connectivity index (χ3v) is 5.47. The van der Waals surface area contributed by atoms with E-state index >= 15 is 0 Å². The number of morpholine rings is 1. The third kappa shape index (κ3) is 5.11. The lowest BCUT2D eigenvalue weighted by Crippen LogP contribution is -2.36. The molecule has 2 aromatic rings. The maximum Gasteiger partial charge on any atom is 0.416 e. The number of benzene rings is 1. The standard InChI is InChI=1S/C22H23F3N4O3/c1-13-16(14(2)27-21(31)17(13)12-26)4-6-20(30)28-18-11-15(22(23,24)25)3-5-19(18)29-7-9-32-10-8-29/h3,5,11H,4,6-10H2,1-2H3,(H,27,31)(H,28,30). The number of hydrogen-bond donors (Lipinski definition) is 2. The zero-order valence-electron chi connectivity index (χ0n) is 17.7. The quantitative estimate of drug-likeness (QED) is 0.732. The summed E-state index contributed by atoms with van der Waals surface area (Å²) < 4.78 is 45.0. The van der Waals surface area contributed by atoms with Gasteiger partial charge < -0.3 is 19.9 Å². The number of H-pyrrole nitrogens is 1. The number of ether oxygens (including phenoxy) is 1. The second-order valence-electron chi connectivity index (χ2n) is 7.55. The molecule has 7 nitrogen and oxygen atoms in total. The fraction of sp³-hybridized carbons (Fsp3) is 0.409. The van der Waals surface area contributed by atoms with Crippen LogP contribution in [-0.4, -0.2) is 37.2 Å². The Balaban J connectivity index is 1.82. The van der Waals surface area contributed by atoms with Gasteiger partial charge in [-0.1, -0.05) is 0 Å². The Morgan fingerprint density at radius 3 is 2.59 bits per heavy atom. The molecule has 1 aromatic carbocycles. The average Bonchev–Trinajstić information content (AvgIpc) is 2.73. The average molecular weight is 448 g/mol. The molecule has 0 saturated carbocycles. The van der Waals surface area contributed by atoms with Crippen molar-refractivity contribution in [2.45, 2.75) is 32.9 Å². The molecule has 10 heteroatoms. The summed E-state index contributed by atoms with van der Waals surface area (Å²) in [5, 5.41) is 11.8. The number of halogens is 3. The first-order valence-corrected chi connectivity index (χ1v) is 10.1. The van der Waals surface area contributed by atoms with Gasteiger partial charge in [0.1, 0.15) is 11.6 Å². The molecule has 0 radical (unpaired) electrons. The molecule has 2 heterocycles. The Bertz CT molecular complexity index is 1110. The second kappa shape index (κ2) is 9.44. The number of hydrogen-bond acceptors (Lipinski definition) is 5. The fourth-order valence-electron chi connectivity index (χ4n) is 3.76. The fourth-order valence-corrected chi connectivity index (χ4v) is 3.76. The zero-order chi connectivity index (χ0) is 23.5. The molecule has 170 valence electrons. The highest BCUT2D eigenvalue weighted by atomic mass is 19.4. The van der Waals surface area contributed by atoms with Crippen molar-refractivity contribution in [3.8, 4) is 6.07 Å². The van der Waals surface area contributed by atoms with Crippen molar-refractivity contribution in [3.63, 3.8) is 0 Å². The first kappa shape index (κ1) is 23.3. The molecule has 1 aromatic heterocycles. The predicted octanol–water partition coefficient (Wildman–Crippen LogP) is 3.29. The molecule has 1 aliphatic heterocycles. The minimum Gasteiger partial charge on any atom is -0.378 e. The number of nitrogens with zero attached hydrogens (tertiary/aromatic N) is 2. The Morgan fingerprint density at radius 1 is 1.28 bits per heavy atom. The highest BCUT2D eigenvalue weighted by molar-refractivity contribution is 5.94. The van der Waals surface area contributed by atoms with E-state index in [1.807, 2.05) is 11.0 Å². The Kier molecular flexibility index (Phi) is 6.89. The lowest BCUT2D eigenvalue weighted by atomic mass is 9.99. The minimum absolute atomic E-state index is 0.0153. The summed E-state index contributed by atoms with van der Waals surface area (Å²) in [6.45, 7) is 5.20. The topological polar surface area (TPSA) is 98.2 Å². The zero-order valence-corrected chi connectivity index (χ0v) is 17.7. The summed E-state index contributed by atoms with van der Waals surface area (Å²) in [5.41, 5.74) is 0.928. The van der Waals surface area contributed by atoms with Crippen molar-refractivity contribution < 1.29 is 22.7 Å². The van der Waals surface area contributed by atoms with Crippen LogP contribution in [0.15, 0.2) is 23.0 Å². The number of anilines is 2. The number of nitriles is 1. The van der Waals surface area contributed by atoms with Crippen LogP contribution in [0.5, 0.6) is 0 Å². The molecular weight excluding hydrogens is 425 g/mol. The first-order valence-electron chi connectivity index (χ1n) is 10.1. The number of carbonyl (C=O) groups is 1. The number of carbonyl (C=O) groups excluding carboxylic acids is 1. The van der Waals surface area contributed by atoms with Crippen LogP contribution in [0.2, 0.25) is 0 Å². The van der Waals surface area contributed by atoms with E-state index in [4.69, 9.17) is 4.74 Å². The van der Waals surface area contributed by atoms with E-state index in [-0.39, 0.29) is 24.1 Å². The molecule has 0 atom stereocenters. The van der Waals surface area contributed by atoms with Crippen LogP contribution in [0.4, 0.5) is 24.5 Å². The number of nitrogens with one attached hydrogen (secondary N) is 2. The van der Waals surface area contributed by atoms with E-state index < -0.39 is 23.2 Å². The summed E-state index contributed by atoms with van der Waals surface area (Å²) >= 11 is 0. The molecule has 0 bridgehead atoms. The van der Waals surface area contributed by atoms with Crippen LogP contribution in [0, 0.1) is 25.2 Å². The van der Waals surface area contributed by atoms with Gasteiger partial charge in [0.15, 0.2) is 0 Å². The van der Waals surface area contributed by atoms with E-state index in [0.29, 0.717) is 48.8 Å². The van der Waals surface area contributed by atoms with Gasteiger partial charge in [0.05, 0.1) is 30.2 Å². The van der Waals surface area contributed by atoms with Gasteiger partial charge in [-0.2, -0.15) is 18.4 Å². The molecule has 0 spiro atoms. The largest absolute Gasteiger partial charge is 0.416 e. The molecule has 3 rings (SSSR count). The van der Waals surface area contributed by atoms with Crippen molar-refractivity contribution in [2.24, 2.45) is 0 Å². The maximum absolute atomic E-state index is 13.2. The Labute approximate surface area is 182 Å². The van der Waals surface area contributed by atoms with Crippen LogP contribution in [0.3, 0.4) is 0 Å². The SMILES string of the molecule is Cc1[nH]c(=O)c(C#N)c(C)c1CCC(=O)Nc1cc(C(F)(F)F)ccc1N1CCOCC1. The van der Waals surface area contributed by atoms with E-state index in [1.54, 1.807) is 13.8 Å². The molecule has 1 aliphatic rings. The van der Waals surface area contributed by atoms with Gasteiger partial charge in [0, 0.05) is 25.2 Å². The molecule has 1 amide bonds. The number of aromatic nitrogens is 1. The number of alkyl halides is 3. The molecule has 32 heavy (non-hydrogen) atoms. The van der Waals surface area contributed by atoms with Gasteiger partial charge in [-0.25, -0.2) is 0 Å². The molecule has 2 N–H and O–H groups in total. The molecule has 1 saturated heterocycles. The number of rotatable bonds is 5. The Hall–Kier alpha value is -3.32. The van der Waals surface area contributed by atoms with Crippen LogP contribution in [0.25, 0.3) is 0 Å². The van der Waals surface area contributed by atoms with E-state index in [1.165, 1.54) is 6.07 Å². The van der Waals surface area contributed by atoms with Gasteiger partial charge in [0.25, 0.3) is 5.56 Å². The predicted molar refractivity (Wildman–Crippen MR) is 113 cm³/mol. The third-order valence-electron chi connectivity index (χ3n) is 5.47. The van der Waals surface area contributed by atoms with Crippen LogP contribution < -0.4 is 15.8 Å². The van der Waals surface area contributed by atoms with Crippen LogP contribution in [0.1, 0.15) is 34.4 Å². The van der Waals surface area contributed by atoms with Crippen molar-refractivity contribution >= 4 is 17.3 Å². The van der Waals surface area contributed by atoms with E-state index in [9.17, 15) is 28.0 Å². The highest BCUT2D eigenvalue weighted by Crippen LogP contribution is 2.36. The molecule has 0 unspecified atom stereocenters. The number of amides is 1. The highest BCUT2D eigenvalue weighted by Gasteiger charge is 2.32. The number of aryl methyl sites for hydroxylation is 1. The monoisotopic (exact) mass is 448 g/mol. The van der Waals surface area contributed by atoms with Crippen molar-refractivity contribution in [1.29, 1.82) is 5.26 Å². The summed E-state index contributed by atoms with van der Waals surface area (Å²) in [6, 6.07) is 5.15. The molecular formula is C22H23F3N4O3. The number of aromatic amines is 1. The van der Waals surface area contributed by atoms with Crippen LogP contribution >= 0.6 is 0 Å². The molecule has 1 fully saturated rings. The lowest BCUT2D eigenvalue weighted by molar-refractivity contribution is -0.137. The summed E-state index contributed by atoms with van der Waals surface area (Å²) in [4.78, 5) is 29.0. The first-order chi connectivity index (χ1) is 15.1. The normalized spacial score (nSPS) is 14.2. The number of pyridine rings is 1. The Morgan fingerprint density at radius 2 is 1.97 bits per heavy atom.